The molecule has 1 aliphatic rings. The summed E-state index contributed by atoms with van der Waals surface area (Å²) in [7, 11) is 0. The maximum Gasteiger partial charge on any atom is 0.323 e. The highest BCUT2D eigenvalue weighted by Gasteiger charge is 2.28. The first-order chi connectivity index (χ1) is 9.52. The summed E-state index contributed by atoms with van der Waals surface area (Å²) in [4.78, 5) is 35.6. The molecule has 1 amide bonds. The first-order valence-electron chi connectivity index (χ1n) is 6.35. The van der Waals surface area contributed by atoms with Crippen molar-refractivity contribution < 1.29 is 24.2 Å². The van der Waals surface area contributed by atoms with Gasteiger partial charge >= 0.3 is 5.97 Å². The van der Waals surface area contributed by atoms with Gasteiger partial charge in [0.1, 0.15) is 12.3 Å². The van der Waals surface area contributed by atoms with Crippen molar-refractivity contribution in [2.45, 2.75) is 19.8 Å². The summed E-state index contributed by atoms with van der Waals surface area (Å²) in [5, 5.41) is 8.87. The second-order valence-electron chi connectivity index (χ2n) is 4.52. The van der Waals surface area contributed by atoms with Gasteiger partial charge in [0.15, 0.2) is 12.4 Å². The Labute approximate surface area is 115 Å². The molecule has 6 heteroatoms. The SMILES string of the molecule is CCCC(=O)c1ccc2c(c1)N(CC(=O)O)C(=O)CO2. The molecule has 0 unspecified atom stereocenters. The number of carboxylic acids is 1. The second kappa shape index (κ2) is 5.73. The average molecular weight is 277 g/mol. The molecule has 0 saturated carbocycles. The van der Waals surface area contributed by atoms with Crippen LogP contribution in [0.1, 0.15) is 30.1 Å². The normalized spacial score (nSPS) is 13.7. The van der Waals surface area contributed by atoms with E-state index in [2.05, 4.69) is 0 Å². The number of fused-ring (bicyclic) bond motifs is 1. The summed E-state index contributed by atoms with van der Waals surface area (Å²) in [6.45, 7) is 1.27. The van der Waals surface area contributed by atoms with Gasteiger partial charge in [-0.3, -0.25) is 19.3 Å². The van der Waals surface area contributed by atoms with E-state index in [1.165, 1.54) is 6.07 Å². The Kier molecular flexibility index (Phi) is 4.02. The Bertz CT molecular complexity index is 567. The zero-order valence-corrected chi connectivity index (χ0v) is 11.1. The van der Waals surface area contributed by atoms with Crippen molar-refractivity contribution in [3.63, 3.8) is 0 Å². The third kappa shape index (κ3) is 2.79. The number of carbonyl (C=O) groups is 3. The van der Waals surface area contributed by atoms with Gasteiger partial charge in [-0.15, -0.1) is 0 Å². The maximum absolute atomic E-state index is 11.9. The fourth-order valence-electron chi connectivity index (χ4n) is 2.06. The smallest absolute Gasteiger partial charge is 0.323 e. The van der Waals surface area contributed by atoms with Gasteiger partial charge in [-0.1, -0.05) is 6.92 Å². The number of anilines is 1. The first-order valence-corrected chi connectivity index (χ1v) is 6.35. The van der Waals surface area contributed by atoms with Crippen LogP contribution in [0.25, 0.3) is 0 Å². The summed E-state index contributed by atoms with van der Waals surface area (Å²) in [6.07, 6.45) is 1.14. The van der Waals surface area contributed by atoms with E-state index < -0.39 is 18.4 Å². The average Bonchev–Trinajstić information content (AvgIpc) is 2.41. The molecule has 1 aromatic carbocycles. The van der Waals surface area contributed by atoms with Crippen molar-refractivity contribution in [2.75, 3.05) is 18.1 Å². The van der Waals surface area contributed by atoms with Crippen molar-refractivity contribution in [1.82, 2.24) is 0 Å². The van der Waals surface area contributed by atoms with Crippen molar-refractivity contribution in [1.29, 1.82) is 0 Å². The Balaban J connectivity index is 2.38. The van der Waals surface area contributed by atoms with Gasteiger partial charge in [0.25, 0.3) is 5.91 Å². The third-order valence-corrected chi connectivity index (χ3v) is 2.99. The minimum Gasteiger partial charge on any atom is -0.482 e. The van der Waals surface area contributed by atoms with Crippen molar-refractivity contribution in [3.05, 3.63) is 23.8 Å². The predicted octanol–water partition coefficient (Wildman–Crippen LogP) is 1.48. The number of rotatable bonds is 5. The molecule has 0 aromatic heterocycles. The monoisotopic (exact) mass is 277 g/mol. The molecule has 1 N–H and O–H groups in total. The van der Waals surface area contributed by atoms with Gasteiger partial charge in [-0.2, -0.15) is 0 Å². The lowest BCUT2D eigenvalue weighted by molar-refractivity contribution is -0.137. The van der Waals surface area contributed by atoms with E-state index in [4.69, 9.17) is 9.84 Å². The molecular formula is C14H15NO5. The number of hydrogen-bond donors (Lipinski definition) is 1. The highest BCUT2D eigenvalue weighted by atomic mass is 16.5. The van der Waals surface area contributed by atoms with Crippen LogP contribution in [0.2, 0.25) is 0 Å². The number of aliphatic carboxylic acids is 1. The van der Waals surface area contributed by atoms with Crippen LogP contribution < -0.4 is 9.64 Å². The van der Waals surface area contributed by atoms with Gasteiger partial charge in [-0.05, 0) is 24.6 Å². The zero-order chi connectivity index (χ0) is 14.7. The van der Waals surface area contributed by atoms with Crippen LogP contribution in [0, 0.1) is 0 Å². The van der Waals surface area contributed by atoms with Crippen LogP contribution in [-0.2, 0) is 9.59 Å². The molecule has 0 atom stereocenters. The highest BCUT2D eigenvalue weighted by molar-refractivity contribution is 6.03. The summed E-state index contributed by atoms with van der Waals surface area (Å²) in [5.74, 6) is -1.17. The molecule has 2 rings (SSSR count). The Hall–Kier alpha value is -2.37. The minimum atomic E-state index is -1.11. The lowest BCUT2D eigenvalue weighted by Gasteiger charge is -2.28. The van der Waals surface area contributed by atoms with E-state index in [0.717, 1.165) is 11.3 Å². The van der Waals surface area contributed by atoms with Crippen LogP contribution in [-0.4, -0.2) is 35.9 Å². The third-order valence-electron chi connectivity index (χ3n) is 2.99. The molecule has 106 valence electrons. The number of hydrogen-bond acceptors (Lipinski definition) is 4. The number of nitrogens with zero attached hydrogens (tertiary/aromatic N) is 1. The molecule has 0 fully saturated rings. The minimum absolute atomic E-state index is 0.0383. The van der Waals surface area contributed by atoms with Gasteiger partial charge in [0.05, 0.1) is 5.69 Å². The Morgan fingerprint density at radius 2 is 2.15 bits per heavy atom. The van der Waals surface area contributed by atoms with Gasteiger partial charge in [0.2, 0.25) is 0 Å². The van der Waals surface area contributed by atoms with E-state index in [9.17, 15) is 14.4 Å². The molecule has 0 bridgehead atoms. The lowest BCUT2D eigenvalue weighted by atomic mass is 10.0. The summed E-state index contributed by atoms with van der Waals surface area (Å²) >= 11 is 0. The molecule has 0 spiro atoms. The number of carboxylic acid groups (broad SMARTS) is 1. The largest absolute Gasteiger partial charge is 0.482 e. The quantitative estimate of drug-likeness (QED) is 0.824. The van der Waals surface area contributed by atoms with E-state index in [1.54, 1.807) is 12.1 Å². The van der Waals surface area contributed by atoms with Gasteiger partial charge in [0, 0.05) is 12.0 Å². The van der Waals surface area contributed by atoms with Crippen LogP contribution in [0.15, 0.2) is 18.2 Å². The standard InChI is InChI=1S/C14H15NO5/c1-2-3-11(16)9-4-5-12-10(6-9)15(7-14(18)19)13(17)8-20-12/h4-6H,2-3,7-8H2,1H3,(H,18,19). The molecule has 20 heavy (non-hydrogen) atoms. The topological polar surface area (TPSA) is 83.9 Å². The fourth-order valence-corrected chi connectivity index (χ4v) is 2.06. The van der Waals surface area contributed by atoms with Gasteiger partial charge < -0.3 is 9.84 Å². The van der Waals surface area contributed by atoms with E-state index >= 15 is 0 Å². The highest BCUT2D eigenvalue weighted by Crippen LogP contribution is 2.33. The number of Topliss-reactive ketones (excluding diaryl/α,β-unsaturated/α-hetero) is 1. The fraction of sp³-hybridized carbons (Fsp3) is 0.357. The van der Waals surface area contributed by atoms with Crippen molar-refractivity contribution >= 4 is 23.3 Å². The second-order valence-corrected chi connectivity index (χ2v) is 4.52. The molecular weight excluding hydrogens is 262 g/mol. The van der Waals surface area contributed by atoms with E-state index in [0.29, 0.717) is 23.4 Å². The van der Waals surface area contributed by atoms with Crippen LogP contribution in [0.5, 0.6) is 5.75 Å². The van der Waals surface area contributed by atoms with Crippen molar-refractivity contribution in [2.24, 2.45) is 0 Å². The number of amides is 1. The zero-order valence-electron chi connectivity index (χ0n) is 11.1. The summed E-state index contributed by atoms with van der Waals surface area (Å²) < 4.78 is 5.25. The summed E-state index contributed by atoms with van der Waals surface area (Å²) in [5.41, 5.74) is 0.796. The van der Waals surface area contributed by atoms with Crippen LogP contribution in [0.3, 0.4) is 0 Å². The molecule has 0 radical (unpaired) electrons. The van der Waals surface area contributed by atoms with E-state index in [-0.39, 0.29) is 12.4 Å². The molecule has 0 aliphatic carbocycles. The lowest BCUT2D eigenvalue weighted by Crippen LogP contribution is -2.42. The number of carbonyl (C=O) groups excluding carboxylic acids is 2. The first kappa shape index (κ1) is 14.0. The summed E-state index contributed by atoms with van der Waals surface area (Å²) in [6, 6.07) is 4.75. The van der Waals surface area contributed by atoms with Crippen LogP contribution in [0.4, 0.5) is 5.69 Å². The van der Waals surface area contributed by atoms with E-state index in [1.807, 2.05) is 6.92 Å². The Morgan fingerprint density at radius 1 is 1.40 bits per heavy atom. The predicted molar refractivity (Wildman–Crippen MR) is 71.2 cm³/mol. The number of ether oxygens (including phenoxy) is 1. The molecule has 1 aliphatic heterocycles. The van der Waals surface area contributed by atoms with Gasteiger partial charge in [-0.25, -0.2) is 0 Å². The molecule has 1 aromatic rings. The Morgan fingerprint density at radius 3 is 2.80 bits per heavy atom. The molecule has 1 heterocycles. The van der Waals surface area contributed by atoms with Crippen LogP contribution >= 0.6 is 0 Å². The number of benzene rings is 1. The molecule has 6 nitrogen and oxygen atoms in total. The maximum atomic E-state index is 11.9. The number of ketones is 1. The molecule has 0 saturated heterocycles. The van der Waals surface area contributed by atoms with Crippen molar-refractivity contribution in [3.8, 4) is 5.75 Å².